The van der Waals surface area contributed by atoms with Crippen LogP contribution in [0.4, 0.5) is 0 Å². The van der Waals surface area contributed by atoms with Gasteiger partial charge in [0.15, 0.2) is 17.8 Å². The molecule has 1 aliphatic heterocycles. The van der Waals surface area contributed by atoms with Crippen molar-refractivity contribution < 1.29 is 4.58 Å². The highest BCUT2D eigenvalue weighted by molar-refractivity contribution is 6.08. The summed E-state index contributed by atoms with van der Waals surface area (Å²) in [4.78, 5) is 4.30. The largest absolute Gasteiger partial charge is 0.262 e. The lowest BCUT2D eigenvalue weighted by Gasteiger charge is -2.31. The number of aryl methyl sites for hydroxylation is 1. The van der Waals surface area contributed by atoms with Crippen LogP contribution in [0.1, 0.15) is 32.0 Å². The Morgan fingerprint density at radius 3 is 2.62 bits per heavy atom. The molecule has 108 valence electrons. The van der Waals surface area contributed by atoms with Crippen LogP contribution in [-0.2, 0) is 0 Å². The molecule has 3 rings (SSSR count). The van der Waals surface area contributed by atoms with Crippen LogP contribution in [0.2, 0.25) is 0 Å². The quantitative estimate of drug-likeness (QED) is 0.714. The van der Waals surface area contributed by atoms with Crippen molar-refractivity contribution in [3.8, 4) is 0 Å². The van der Waals surface area contributed by atoms with Crippen LogP contribution in [0.5, 0.6) is 0 Å². The van der Waals surface area contributed by atoms with E-state index in [4.69, 9.17) is 0 Å². The maximum absolute atomic E-state index is 4.30. The molecular formula is C19H23N2+. The molecule has 0 radical (unpaired) electrons. The van der Waals surface area contributed by atoms with Crippen LogP contribution >= 0.6 is 0 Å². The van der Waals surface area contributed by atoms with Crippen LogP contribution in [0.3, 0.4) is 0 Å². The van der Waals surface area contributed by atoms with Gasteiger partial charge in [0.05, 0.1) is 5.92 Å². The maximum Gasteiger partial charge on any atom is 0.181 e. The van der Waals surface area contributed by atoms with E-state index in [0.29, 0.717) is 12.0 Å². The van der Waals surface area contributed by atoms with E-state index in [2.05, 4.69) is 79.1 Å². The summed E-state index contributed by atoms with van der Waals surface area (Å²) in [7, 11) is 0. The average molecular weight is 279 g/mol. The number of hydrogen-bond donors (Lipinski definition) is 0. The van der Waals surface area contributed by atoms with Gasteiger partial charge in [-0.05, 0) is 51.5 Å². The van der Waals surface area contributed by atoms with Crippen molar-refractivity contribution in [3.63, 3.8) is 0 Å². The van der Waals surface area contributed by atoms with Crippen molar-refractivity contribution >= 4 is 11.8 Å². The molecule has 21 heavy (non-hydrogen) atoms. The third-order valence-electron chi connectivity index (χ3n) is 4.12. The normalized spacial score (nSPS) is 24.4. The summed E-state index contributed by atoms with van der Waals surface area (Å²) >= 11 is 0. The van der Waals surface area contributed by atoms with Gasteiger partial charge in [-0.3, -0.25) is 4.98 Å². The van der Waals surface area contributed by atoms with E-state index in [9.17, 15) is 0 Å². The molecule has 0 bridgehead atoms. The molecule has 2 atom stereocenters. The Bertz CT molecular complexity index is 669. The van der Waals surface area contributed by atoms with Crippen molar-refractivity contribution in [1.82, 2.24) is 4.98 Å². The van der Waals surface area contributed by atoms with Crippen molar-refractivity contribution in [2.45, 2.75) is 39.3 Å². The number of rotatable bonds is 1. The molecule has 0 amide bonds. The second-order valence-electron chi connectivity index (χ2n) is 6.85. The van der Waals surface area contributed by atoms with Crippen LogP contribution in [0.15, 0.2) is 48.7 Å². The summed E-state index contributed by atoms with van der Waals surface area (Å²) in [5, 5.41) is 0. The zero-order chi connectivity index (χ0) is 15.0. The Balaban J connectivity index is 2.09. The molecule has 0 N–H and O–H groups in total. The third-order valence-corrected chi connectivity index (χ3v) is 4.12. The van der Waals surface area contributed by atoms with Gasteiger partial charge in [-0.1, -0.05) is 24.3 Å². The molecule has 2 unspecified atom stereocenters. The molecule has 2 aliphatic rings. The molecule has 0 aromatic carbocycles. The third kappa shape index (κ3) is 2.76. The Morgan fingerprint density at radius 2 is 1.90 bits per heavy atom. The lowest BCUT2D eigenvalue weighted by Crippen LogP contribution is -2.45. The van der Waals surface area contributed by atoms with Crippen molar-refractivity contribution in [3.05, 3.63) is 60.0 Å². The number of aromatic nitrogens is 1. The van der Waals surface area contributed by atoms with E-state index in [1.165, 1.54) is 11.1 Å². The van der Waals surface area contributed by atoms with E-state index >= 15 is 0 Å². The van der Waals surface area contributed by atoms with Crippen LogP contribution in [0.25, 0.3) is 5.57 Å². The highest BCUT2D eigenvalue weighted by Crippen LogP contribution is 2.30. The molecule has 0 saturated heterocycles. The van der Waals surface area contributed by atoms with Crippen LogP contribution in [0, 0.1) is 12.8 Å². The molecule has 0 saturated carbocycles. The Labute approximate surface area is 127 Å². The molecule has 2 heteroatoms. The monoisotopic (exact) mass is 279 g/mol. The summed E-state index contributed by atoms with van der Waals surface area (Å²) in [5.74, 6) is 0.433. The van der Waals surface area contributed by atoms with Gasteiger partial charge in [-0.25, -0.2) is 4.58 Å². The first kappa shape index (κ1) is 14.0. The highest BCUT2D eigenvalue weighted by atomic mass is 15.1. The Kier molecular flexibility index (Phi) is 3.40. The second-order valence-corrected chi connectivity index (χ2v) is 6.85. The molecule has 1 aromatic rings. The SMILES string of the molecule is Cc1cc(C2=CC3C=CC=CC3[N+](C(C)(C)C)=C2)ccn1. The van der Waals surface area contributed by atoms with Gasteiger partial charge in [-0.2, -0.15) is 0 Å². The summed E-state index contributed by atoms with van der Waals surface area (Å²) in [6, 6.07) is 4.67. The summed E-state index contributed by atoms with van der Waals surface area (Å²) in [6.45, 7) is 8.86. The summed E-state index contributed by atoms with van der Waals surface area (Å²) < 4.78 is 2.47. The van der Waals surface area contributed by atoms with Crippen molar-refractivity contribution in [2.75, 3.05) is 0 Å². The topological polar surface area (TPSA) is 15.9 Å². The molecule has 0 spiro atoms. The minimum absolute atomic E-state index is 0.0972. The summed E-state index contributed by atoms with van der Waals surface area (Å²) in [6.07, 6.45) is 15.5. The minimum atomic E-state index is 0.0972. The molecule has 1 aromatic heterocycles. The summed E-state index contributed by atoms with van der Waals surface area (Å²) in [5.41, 5.74) is 3.69. The molecule has 2 nitrogen and oxygen atoms in total. The van der Waals surface area contributed by atoms with Gasteiger partial charge in [-0.15, -0.1) is 0 Å². The van der Waals surface area contributed by atoms with Gasteiger partial charge < -0.3 is 0 Å². The zero-order valence-electron chi connectivity index (χ0n) is 13.2. The Hall–Kier alpha value is -1.96. The number of hydrogen-bond acceptors (Lipinski definition) is 1. The number of allylic oxidation sites excluding steroid dienone is 3. The van der Waals surface area contributed by atoms with Gasteiger partial charge in [0.2, 0.25) is 0 Å². The fraction of sp³-hybridized carbons (Fsp3) is 0.368. The van der Waals surface area contributed by atoms with Crippen LogP contribution < -0.4 is 0 Å². The fourth-order valence-electron chi connectivity index (χ4n) is 3.07. The number of fused-ring (bicyclic) bond motifs is 1. The second kappa shape index (κ2) is 5.10. The predicted molar refractivity (Wildman–Crippen MR) is 88.6 cm³/mol. The van der Waals surface area contributed by atoms with Crippen LogP contribution in [-0.4, -0.2) is 27.4 Å². The highest BCUT2D eigenvalue weighted by Gasteiger charge is 2.38. The minimum Gasteiger partial charge on any atom is -0.262 e. The maximum atomic E-state index is 4.30. The first-order chi connectivity index (χ1) is 9.95. The van der Waals surface area contributed by atoms with E-state index in [-0.39, 0.29) is 5.54 Å². The lowest BCUT2D eigenvalue weighted by molar-refractivity contribution is -0.620. The van der Waals surface area contributed by atoms with Crippen molar-refractivity contribution in [2.24, 2.45) is 5.92 Å². The molecular weight excluding hydrogens is 256 g/mol. The van der Waals surface area contributed by atoms with Gasteiger partial charge in [0, 0.05) is 17.5 Å². The molecule has 2 heterocycles. The fourth-order valence-corrected chi connectivity index (χ4v) is 3.07. The predicted octanol–water partition coefficient (Wildman–Crippen LogP) is 3.78. The first-order valence-corrected chi connectivity index (χ1v) is 7.58. The smallest absolute Gasteiger partial charge is 0.181 e. The van der Waals surface area contributed by atoms with E-state index in [1.54, 1.807) is 0 Å². The molecule has 1 aliphatic carbocycles. The first-order valence-electron chi connectivity index (χ1n) is 7.58. The van der Waals surface area contributed by atoms with Gasteiger partial charge in [0.1, 0.15) is 0 Å². The van der Waals surface area contributed by atoms with Crippen molar-refractivity contribution in [1.29, 1.82) is 0 Å². The molecule has 0 fully saturated rings. The number of nitrogens with zero attached hydrogens (tertiary/aromatic N) is 2. The standard InChI is InChI=1S/C19H23N2/c1-14-11-15(9-10-20-14)17-12-16-7-5-6-8-18(16)21(13-17)19(2,3)4/h5-13,16,18H,1-4H3/q+1. The number of pyridine rings is 1. The van der Waals surface area contributed by atoms with Gasteiger partial charge in [0.25, 0.3) is 0 Å². The van der Waals surface area contributed by atoms with Gasteiger partial charge >= 0.3 is 0 Å². The van der Waals surface area contributed by atoms with E-state index < -0.39 is 0 Å². The van der Waals surface area contributed by atoms with E-state index in [1.807, 2.05) is 13.1 Å². The lowest BCUT2D eigenvalue weighted by atomic mass is 9.86. The zero-order valence-corrected chi connectivity index (χ0v) is 13.2. The Morgan fingerprint density at radius 1 is 1.14 bits per heavy atom. The average Bonchev–Trinajstić information content (AvgIpc) is 2.45. The van der Waals surface area contributed by atoms with E-state index in [0.717, 1.165) is 5.69 Å².